The van der Waals surface area contributed by atoms with Crippen LogP contribution in [0.5, 0.6) is 5.75 Å². The van der Waals surface area contributed by atoms with Gasteiger partial charge in [0.2, 0.25) is 0 Å². The first kappa shape index (κ1) is 21.4. The summed E-state index contributed by atoms with van der Waals surface area (Å²) in [5, 5.41) is 10.8. The number of nitrogens with zero attached hydrogens (tertiary/aromatic N) is 1. The number of halogens is 2. The maximum absolute atomic E-state index is 11.9. The fraction of sp³-hybridized carbons (Fsp3) is 0.389. The van der Waals surface area contributed by atoms with Gasteiger partial charge in [0.1, 0.15) is 24.7 Å². The van der Waals surface area contributed by atoms with Gasteiger partial charge in [0.25, 0.3) is 5.56 Å². The molecule has 0 radical (unpaired) electrons. The Bertz CT molecular complexity index is 1020. The fourth-order valence-corrected chi connectivity index (χ4v) is 3.05. The molecule has 2 N–H and O–H groups in total. The van der Waals surface area contributed by atoms with Crippen LogP contribution < -0.4 is 16.0 Å². The molecule has 2 heterocycles. The second-order valence-corrected chi connectivity index (χ2v) is 7.27. The van der Waals surface area contributed by atoms with Crippen LogP contribution in [0.1, 0.15) is 18.2 Å². The average Bonchev–Trinajstić information content (AvgIpc) is 3.04. The zero-order chi connectivity index (χ0) is 21.1. The van der Waals surface area contributed by atoms with Gasteiger partial charge in [-0.2, -0.15) is 0 Å². The van der Waals surface area contributed by atoms with Crippen molar-refractivity contribution in [2.45, 2.75) is 31.8 Å². The van der Waals surface area contributed by atoms with E-state index in [2.05, 4.69) is 4.98 Å². The molecule has 1 aromatic heterocycles. The molecule has 0 bridgehead atoms. The van der Waals surface area contributed by atoms with Crippen LogP contribution in [0.4, 0.5) is 0 Å². The lowest BCUT2D eigenvalue weighted by Crippen LogP contribution is -2.33. The van der Waals surface area contributed by atoms with Gasteiger partial charge in [-0.3, -0.25) is 14.3 Å². The summed E-state index contributed by atoms with van der Waals surface area (Å²) in [5.41, 5.74) is -0.806. The zero-order valence-electron chi connectivity index (χ0n) is 15.3. The smallest absolute Gasteiger partial charge is 0.344 e. The molecule has 3 atom stereocenters. The van der Waals surface area contributed by atoms with Gasteiger partial charge in [-0.05, 0) is 19.1 Å². The number of aliphatic hydroxyl groups is 1. The standard InChI is InChI=1S/C18H18Cl2N2O7/c1-9-6-22(18(26)21-17(9)25)15-5-13(23)14(29-15)7-28-16(24)8-27-10-2-3-11(19)12(20)4-10/h2-4,6,13-15,23H,5,7-8H2,1H3,(H,21,25,26). The van der Waals surface area contributed by atoms with Crippen molar-refractivity contribution < 1.29 is 24.1 Å². The van der Waals surface area contributed by atoms with Gasteiger partial charge < -0.3 is 19.3 Å². The summed E-state index contributed by atoms with van der Waals surface area (Å²) >= 11 is 11.7. The number of aliphatic hydroxyl groups excluding tert-OH is 1. The minimum Gasteiger partial charge on any atom is -0.482 e. The number of aromatic amines is 1. The minimum absolute atomic E-state index is 0.105. The molecule has 29 heavy (non-hydrogen) atoms. The molecule has 11 heteroatoms. The van der Waals surface area contributed by atoms with E-state index in [9.17, 15) is 19.5 Å². The number of rotatable bonds is 6. The molecule has 3 rings (SSSR count). The molecule has 0 spiro atoms. The Morgan fingerprint density at radius 2 is 2.10 bits per heavy atom. The highest BCUT2D eigenvalue weighted by atomic mass is 35.5. The number of H-pyrrole nitrogens is 1. The maximum atomic E-state index is 11.9. The quantitative estimate of drug-likeness (QED) is 0.646. The van der Waals surface area contributed by atoms with E-state index in [1.165, 1.54) is 22.9 Å². The molecule has 1 fully saturated rings. The molecule has 3 unspecified atom stereocenters. The van der Waals surface area contributed by atoms with E-state index in [0.717, 1.165) is 0 Å². The molecule has 1 aliphatic rings. The minimum atomic E-state index is -0.956. The average molecular weight is 445 g/mol. The van der Waals surface area contributed by atoms with E-state index in [0.29, 0.717) is 21.4 Å². The van der Waals surface area contributed by atoms with E-state index in [1.54, 1.807) is 13.0 Å². The highest BCUT2D eigenvalue weighted by Gasteiger charge is 2.36. The number of hydrogen-bond donors (Lipinski definition) is 2. The van der Waals surface area contributed by atoms with Crippen LogP contribution in [0.15, 0.2) is 34.0 Å². The zero-order valence-corrected chi connectivity index (χ0v) is 16.8. The molecule has 9 nitrogen and oxygen atoms in total. The molecule has 0 saturated carbocycles. The van der Waals surface area contributed by atoms with Gasteiger partial charge in [0.15, 0.2) is 6.61 Å². The summed E-state index contributed by atoms with van der Waals surface area (Å²) in [6.45, 7) is 0.953. The summed E-state index contributed by atoms with van der Waals surface area (Å²) in [4.78, 5) is 37.5. The van der Waals surface area contributed by atoms with Crippen LogP contribution >= 0.6 is 23.2 Å². The van der Waals surface area contributed by atoms with Gasteiger partial charge in [-0.25, -0.2) is 9.59 Å². The van der Waals surface area contributed by atoms with Crippen molar-refractivity contribution in [2.75, 3.05) is 13.2 Å². The Hall–Kier alpha value is -2.33. The molecule has 1 aliphatic heterocycles. The lowest BCUT2D eigenvalue weighted by Gasteiger charge is -2.16. The monoisotopic (exact) mass is 444 g/mol. The van der Waals surface area contributed by atoms with Crippen molar-refractivity contribution in [2.24, 2.45) is 0 Å². The summed E-state index contributed by atoms with van der Waals surface area (Å²) in [7, 11) is 0. The Morgan fingerprint density at radius 1 is 1.34 bits per heavy atom. The number of esters is 1. The molecule has 0 amide bonds. The lowest BCUT2D eigenvalue weighted by molar-refractivity contribution is -0.152. The largest absolute Gasteiger partial charge is 0.482 e. The summed E-state index contributed by atoms with van der Waals surface area (Å²) in [5.74, 6) is -0.325. The number of ether oxygens (including phenoxy) is 3. The maximum Gasteiger partial charge on any atom is 0.344 e. The number of aryl methyl sites for hydroxylation is 1. The fourth-order valence-electron chi connectivity index (χ4n) is 2.76. The van der Waals surface area contributed by atoms with Gasteiger partial charge in [-0.1, -0.05) is 23.2 Å². The van der Waals surface area contributed by atoms with Crippen LogP contribution in [0, 0.1) is 6.92 Å². The number of carbonyl (C=O) groups excluding carboxylic acids is 1. The van der Waals surface area contributed by atoms with Crippen LogP contribution in [0.3, 0.4) is 0 Å². The first-order chi connectivity index (χ1) is 13.7. The first-order valence-electron chi connectivity index (χ1n) is 8.63. The van der Waals surface area contributed by atoms with Gasteiger partial charge in [0, 0.05) is 24.2 Å². The van der Waals surface area contributed by atoms with Crippen LogP contribution in [0.2, 0.25) is 10.0 Å². The number of benzene rings is 1. The molecular weight excluding hydrogens is 427 g/mol. The van der Waals surface area contributed by atoms with Crippen LogP contribution in [-0.2, 0) is 14.3 Å². The molecular formula is C18H18Cl2N2O7. The van der Waals surface area contributed by atoms with E-state index in [-0.39, 0.29) is 19.6 Å². The molecule has 1 saturated heterocycles. The van der Waals surface area contributed by atoms with Crippen molar-refractivity contribution in [3.63, 3.8) is 0 Å². The van der Waals surface area contributed by atoms with E-state index in [4.69, 9.17) is 37.4 Å². The van der Waals surface area contributed by atoms with Gasteiger partial charge in [0.05, 0.1) is 16.1 Å². The van der Waals surface area contributed by atoms with Crippen molar-refractivity contribution in [3.8, 4) is 5.75 Å². The Balaban J connectivity index is 1.52. The predicted octanol–water partition coefficient (Wildman–Crippen LogP) is 1.42. The lowest BCUT2D eigenvalue weighted by atomic mass is 10.2. The van der Waals surface area contributed by atoms with E-state index in [1.807, 2.05) is 0 Å². The van der Waals surface area contributed by atoms with Gasteiger partial charge in [-0.15, -0.1) is 0 Å². The number of nitrogens with one attached hydrogen (secondary N) is 1. The summed E-state index contributed by atoms with van der Waals surface area (Å²) < 4.78 is 17.2. The third kappa shape index (κ3) is 5.18. The molecule has 1 aromatic carbocycles. The third-order valence-corrected chi connectivity index (χ3v) is 5.06. The summed E-state index contributed by atoms with van der Waals surface area (Å²) in [6.07, 6.45) is -1.11. The summed E-state index contributed by atoms with van der Waals surface area (Å²) in [6, 6.07) is 4.56. The third-order valence-electron chi connectivity index (χ3n) is 4.32. The topological polar surface area (TPSA) is 120 Å². The van der Waals surface area contributed by atoms with Gasteiger partial charge >= 0.3 is 11.7 Å². The van der Waals surface area contributed by atoms with Crippen molar-refractivity contribution in [3.05, 3.63) is 60.8 Å². The molecule has 156 valence electrons. The van der Waals surface area contributed by atoms with E-state index >= 15 is 0 Å². The predicted molar refractivity (Wildman–Crippen MR) is 104 cm³/mol. The van der Waals surface area contributed by atoms with Crippen LogP contribution in [0.25, 0.3) is 0 Å². The van der Waals surface area contributed by atoms with Crippen LogP contribution in [-0.4, -0.2) is 46.0 Å². The van der Waals surface area contributed by atoms with E-state index < -0.39 is 35.7 Å². The van der Waals surface area contributed by atoms with Crippen molar-refractivity contribution >= 4 is 29.2 Å². The number of aromatic nitrogens is 2. The second-order valence-electron chi connectivity index (χ2n) is 6.46. The van der Waals surface area contributed by atoms with Crippen molar-refractivity contribution in [1.82, 2.24) is 9.55 Å². The Morgan fingerprint density at radius 3 is 2.83 bits per heavy atom. The highest BCUT2D eigenvalue weighted by Crippen LogP contribution is 2.28. The molecule has 2 aromatic rings. The number of carbonyl (C=O) groups is 1. The normalized spacial score (nSPS) is 21.2. The molecule has 0 aliphatic carbocycles. The highest BCUT2D eigenvalue weighted by molar-refractivity contribution is 6.42. The second kappa shape index (κ2) is 9.00. The van der Waals surface area contributed by atoms with Crippen molar-refractivity contribution in [1.29, 1.82) is 0 Å². The SMILES string of the molecule is Cc1cn(C2CC(O)C(COC(=O)COc3ccc(Cl)c(Cl)c3)O2)c(=O)[nH]c1=O. The Labute approximate surface area is 174 Å². The number of hydrogen-bond acceptors (Lipinski definition) is 7. The Kier molecular flexibility index (Phi) is 6.63. The first-order valence-corrected chi connectivity index (χ1v) is 9.39.